The Morgan fingerprint density at radius 2 is 1.36 bits per heavy atom. The summed E-state index contributed by atoms with van der Waals surface area (Å²) in [5.41, 5.74) is 1.06. The molecule has 2 nitrogen and oxygen atoms in total. The summed E-state index contributed by atoms with van der Waals surface area (Å²) in [4.78, 5) is 22.1. The third kappa shape index (κ3) is 0.809. The van der Waals surface area contributed by atoms with Gasteiger partial charge in [-0.3, -0.25) is 0 Å². The van der Waals surface area contributed by atoms with Gasteiger partial charge in [0.1, 0.15) is 11.4 Å². The summed E-state index contributed by atoms with van der Waals surface area (Å²) in [7, 11) is 0.0549. The predicted octanol–water partition coefficient (Wildman–Crippen LogP) is 0.417. The van der Waals surface area contributed by atoms with Crippen molar-refractivity contribution in [2.75, 3.05) is 0 Å². The van der Waals surface area contributed by atoms with Gasteiger partial charge >= 0.3 is 0 Å². The Kier molecular flexibility index (Phi) is 1.18. The van der Waals surface area contributed by atoms with Crippen LogP contribution >= 0.6 is 0 Å². The van der Waals surface area contributed by atoms with Gasteiger partial charge in [-0.15, -0.1) is 0 Å². The summed E-state index contributed by atoms with van der Waals surface area (Å²) in [6.07, 6.45) is 0. The lowest BCUT2D eigenvalue weighted by Gasteiger charge is -1.92. The highest BCUT2D eigenvalue weighted by Crippen LogP contribution is 2.15. The van der Waals surface area contributed by atoms with Crippen LogP contribution in [0, 0.1) is 0 Å². The van der Waals surface area contributed by atoms with Crippen molar-refractivity contribution in [3.8, 4) is 0 Å². The van der Waals surface area contributed by atoms with Gasteiger partial charge in [0, 0.05) is 11.1 Å². The van der Waals surface area contributed by atoms with Gasteiger partial charge in [-0.1, -0.05) is 24.3 Å². The quantitative estimate of drug-likeness (QED) is 0.494. The van der Waals surface area contributed by atoms with Gasteiger partial charge < -0.3 is 9.59 Å². The van der Waals surface area contributed by atoms with E-state index in [0.717, 1.165) is 0 Å². The standard InChI is InChI=1S/C8H5BO2/c10-7-5-3-1-2-4-6(5)8(11)9-7/h1-4,9H. The Morgan fingerprint density at radius 1 is 0.909 bits per heavy atom. The maximum Gasteiger partial charge on any atom is 0.298 e. The fourth-order valence-electron chi connectivity index (χ4n) is 1.31. The molecule has 2 rings (SSSR count). The van der Waals surface area contributed by atoms with Crippen molar-refractivity contribution in [2.45, 2.75) is 0 Å². The van der Waals surface area contributed by atoms with E-state index < -0.39 is 0 Å². The number of rotatable bonds is 0. The van der Waals surface area contributed by atoms with Crippen LogP contribution in [0.3, 0.4) is 0 Å². The van der Waals surface area contributed by atoms with E-state index in [1.807, 2.05) is 0 Å². The van der Waals surface area contributed by atoms with Crippen molar-refractivity contribution in [2.24, 2.45) is 0 Å². The van der Waals surface area contributed by atoms with E-state index in [1.54, 1.807) is 24.3 Å². The largest absolute Gasteiger partial charge is 0.306 e. The van der Waals surface area contributed by atoms with Crippen LogP contribution < -0.4 is 0 Å². The first-order chi connectivity index (χ1) is 5.29. The van der Waals surface area contributed by atoms with E-state index in [-0.39, 0.29) is 18.6 Å². The summed E-state index contributed by atoms with van der Waals surface area (Å²) in [5, 5.41) is 0. The summed E-state index contributed by atoms with van der Waals surface area (Å²) < 4.78 is 0. The third-order valence-corrected chi connectivity index (χ3v) is 1.85. The molecular weight excluding hydrogens is 139 g/mol. The van der Waals surface area contributed by atoms with E-state index >= 15 is 0 Å². The number of benzene rings is 1. The topological polar surface area (TPSA) is 34.1 Å². The van der Waals surface area contributed by atoms with Crippen LogP contribution in [0.1, 0.15) is 20.7 Å². The fraction of sp³-hybridized carbons (Fsp3) is 0. The van der Waals surface area contributed by atoms with Crippen LogP contribution in [-0.4, -0.2) is 18.6 Å². The molecule has 1 aliphatic heterocycles. The molecule has 11 heavy (non-hydrogen) atoms. The molecule has 1 heterocycles. The van der Waals surface area contributed by atoms with Gasteiger partial charge in [0.15, 0.2) is 0 Å². The second kappa shape index (κ2) is 2.05. The highest BCUT2D eigenvalue weighted by atomic mass is 16.1. The highest BCUT2D eigenvalue weighted by molar-refractivity contribution is 7.04. The molecule has 0 aromatic heterocycles. The Bertz CT molecular complexity index is 311. The molecule has 0 aliphatic carbocycles. The highest BCUT2D eigenvalue weighted by Gasteiger charge is 2.27. The maximum absolute atomic E-state index is 11.1. The molecule has 0 atom stereocenters. The van der Waals surface area contributed by atoms with Gasteiger partial charge in [-0.25, -0.2) is 0 Å². The van der Waals surface area contributed by atoms with Crippen molar-refractivity contribution in [3.05, 3.63) is 35.4 Å². The summed E-state index contributed by atoms with van der Waals surface area (Å²) in [5.74, 6) is 0. The van der Waals surface area contributed by atoms with E-state index in [9.17, 15) is 9.59 Å². The lowest BCUT2D eigenvalue weighted by Crippen LogP contribution is -2.07. The Morgan fingerprint density at radius 3 is 1.82 bits per heavy atom. The molecule has 52 valence electrons. The summed E-state index contributed by atoms with van der Waals surface area (Å²) >= 11 is 0. The molecule has 3 heteroatoms. The molecule has 1 aromatic carbocycles. The third-order valence-electron chi connectivity index (χ3n) is 1.85. The smallest absolute Gasteiger partial charge is 0.298 e. The summed E-state index contributed by atoms with van der Waals surface area (Å²) in [6.45, 7) is 0. The molecule has 0 N–H and O–H groups in total. The van der Waals surface area contributed by atoms with Crippen LogP contribution in [0.5, 0.6) is 0 Å². The maximum atomic E-state index is 11.1. The minimum Gasteiger partial charge on any atom is -0.306 e. The molecular formula is C8H5BO2. The lowest BCUT2D eigenvalue weighted by atomic mass is 9.73. The van der Waals surface area contributed by atoms with Crippen LogP contribution in [0.4, 0.5) is 0 Å². The van der Waals surface area contributed by atoms with Crippen LogP contribution in [0.15, 0.2) is 24.3 Å². The van der Waals surface area contributed by atoms with Crippen LogP contribution in [0.2, 0.25) is 0 Å². The van der Waals surface area contributed by atoms with E-state index in [4.69, 9.17) is 0 Å². The Labute approximate surface area is 64.5 Å². The zero-order valence-electron chi connectivity index (χ0n) is 5.83. The molecule has 0 fully saturated rings. The zero-order valence-corrected chi connectivity index (χ0v) is 5.83. The van der Waals surface area contributed by atoms with Crippen molar-refractivity contribution in [1.29, 1.82) is 0 Å². The number of hydrogen-bond acceptors (Lipinski definition) is 2. The molecule has 1 aromatic rings. The van der Waals surface area contributed by atoms with Gasteiger partial charge in [0.25, 0.3) is 7.28 Å². The average Bonchev–Trinajstić information content (AvgIpc) is 2.30. The number of hydrogen-bond donors (Lipinski definition) is 0. The molecule has 0 radical (unpaired) electrons. The molecule has 0 unspecified atom stereocenters. The molecule has 0 bridgehead atoms. The molecule has 0 saturated carbocycles. The van der Waals surface area contributed by atoms with Gasteiger partial charge in [-0.2, -0.15) is 0 Å². The van der Waals surface area contributed by atoms with E-state index in [1.165, 1.54) is 0 Å². The zero-order chi connectivity index (χ0) is 7.84. The average molecular weight is 144 g/mol. The summed E-state index contributed by atoms with van der Waals surface area (Å²) in [6, 6.07) is 6.94. The second-order valence-corrected chi connectivity index (χ2v) is 2.57. The Hall–Kier alpha value is -1.38. The van der Waals surface area contributed by atoms with Crippen LogP contribution in [0.25, 0.3) is 0 Å². The molecule has 1 aliphatic rings. The molecule has 0 saturated heterocycles. The second-order valence-electron chi connectivity index (χ2n) is 2.57. The van der Waals surface area contributed by atoms with E-state index in [0.29, 0.717) is 11.1 Å². The first-order valence-corrected chi connectivity index (χ1v) is 3.44. The van der Waals surface area contributed by atoms with E-state index in [2.05, 4.69) is 0 Å². The number of carbonyl (C=O) groups excluding carboxylic acids is 2. The first kappa shape index (κ1) is 6.34. The first-order valence-electron chi connectivity index (χ1n) is 3.44. The number of carbonyl (C=O) groups is 2. The van der Waals surface area contributed by atoms with Crippen molar-refractivity contribution < 1.29 is 9.59 Å². The normalized spacial score (nSPS) is 14.5. The minimum atomic E-state index is -0.0504. The van der Waals surface area contributed by atoms with Gasteiger partial charge in [0.2, 0.25) is 0 Å². The lowest BCUT2D eigenvalue weighted by molar-refractivity contribution is 0.106. The predicted molar refractivity (Wildman–Crippen MR) is 42.3 cm³/mol. The SMILES string of the molecule is O=C1BC(=O)c2ccccc21. The van der Waals surface area contributed by atoms with Crippen molar-refractivity contribution in [1.82, 2.24) is 0 Å². The molecule has 0 spiro atoms. The number of fused-ring (bicyclic) bond motifs is 1. The van der Waals surface area contributed by atoms with Crippen LogP contribution in [-0.2, 0) is 0 Å². The van der Waals surface area contributed by atoms with Crippen molar-refractivity contribution >= 4 is 18.6 Å². The van der Waals surface area contributed by atoms with Gasteiger partial charge in [-0.05, 0) is 0 Å². The Balaban J connectivity index is 2.69. The van der Waals surface area contributed by atoms with Crippen molar-refractivity contribution in [3.63, 3.8) is 0 Å². The monoisotopic (exact) mass is 144 g/mol. The molecule has 0 amide bonds. The fourth-order valence-corrected chi connectivity index (χ4v) is 1.31. The van der Waals surface area contributed by atoms with Gasteiger partial charge in [0.05, 0.1) is 0 Å². The minimum absolute atomic E-state index is 0.0504.